The van der Waals surface area contributed by atoms with Gasteiger partial charge in [-0.25, -0.2) is 15.0 Å². The van der Waals surface area contributed by atoms with E-state index in [1.54, 1.807) is 0 Å². The highest BCUT2D eigenvalue weighted by Gasteiger charge is 2.19. The standard InChI is InChI=1S/C51H29N3O2S/c1-2-11-30(12-3-1)49-52-50(32-22-24-37-36-15-6-8-19-43(36)55-44(37)27-32)54-51(53-49)33-23-25-38-42-18-10-17-41(48(42)56-45(38)28-33)35-14-5-4-13-34(35)31-21-26-40-39-16-7-9-20-46(39)57-47(40)29-31/h1-29H. The highest BCUT2D eigenvalue weighted by molar-refractivity contribution is 7.25. The van der Waals surface area contributed by atoms with E-state index in [9.17, 15) is 0 Å². The number of nitrogens with zero attached hydrogens (tertiary/aromatic N) is 3. The summed E-state index contributed by atoms with van der Waals surface area (Å²) in [6, 6.07) is 61.0. The highest BCUT2D eigenvalue weighted by atomic mass is 32.1. The number of hydrogen-bond acceptors (Lipinski definition) is 6. The van der Waals surface area contributed by atoms with Crippen molar-refractivity contribution in [2.75, 3.05) is 0 Å². The van der Waals surface area contributed by atoms with E-state index < -0.39 is 0 Å². The molecule has 4 heterocycles. The number of fused-ring (bicyclic) bond motifs is 9. The molecule has 12 rings (SSSR count). The van der Waals surface area contributed by atoms with Gasteiger partial charge in [0.1, 0.15) is 22.3 Å². The fourth-order valence-electron chi connectivity index (χ4n) is 8.23. The first kappa shape index (κ1) is 31.9. The van der Waals surface area contributed by atoms with Gasteiger partial charge in [-0.1, -0.05) is 133 Å². The van der Waals surface area contributed by atoms with Gasteiger partial charge in [0, 0.05) is 64.0 Å². The van der Waals surface area contributed by atoms with Gasteiger partial charge in [0.25, 0.3) is 0 Å². The highest BCUT2D eigenvalue weighted by Crippen LogP contribution is 2.43. The molecule has 0 aliphatic heterocycles. The quantitative estimate of drug-likeness (QED) is 0.175. The zero-order valence-electron chi connectivity index (χ0n) is 30.3. The van der Waals surface area contributed by atoms with Crippen LogP contribution in [0.1, 0.15) is 0 Å². The van der Waals surface area contributed by atoms with Crippen LogP contribution in [0.4, 0.5) is 0 Å². The molecule has 4 aromatic heterocycles. The average Bonchev–Trinajstić information content (AvgIpc) is 3.97. The summed E-state index contributed by atoms with van der Waals surface area (Å²) in [7, 11) is 0. The van der Waals surface area contributed by atoms with Crippen LogP contribution < -0.4 is 0 Å². The zero-order chi connectivity index (χ0) is 37.5. The molecule has 0 fully saturated rings. The summed E-state index contributed by atoms with van der Waals surface area (Å²) in [5.74, 6) is 1.73. The van der Waals surface area contributed by atoms with Crippen molar-refractivity contribution in [3.63, 3.8) is 0 Å². The van der Waals surface area contributed by atoms with Crippen LogP contribution in [-0.2, 0) is 0 Å². The predicted octanol–water partition coefficient (Wildman–Crippen LogP) is 14.4. The van der Waals surface area contributed by atoms with Gasteiger partial charge in [-0.2, -0.15) is 0 Å². The number of furan rings is 2. The first-order valence-corrected chi connectivity index (χ1v) is 19.7. The first-order valence-electron chi connectivity index (χ1n) is 18.9. The van der Waals surface area contributed by atoms with Crippen LogP contribution in [0.5, 0.6) is 0 Å². The van der Waals surface area contributed by atoms with Crippen molar-refractivity contribution in [2.24, 2.45) is 0 Å². The Morgan fingerprint density at radius 1 is 0.316 bits per heavy atom. The van der Waals surface area contributed by atoms with E-state index in [0.717, 1.165) is 77.3 Å². The Hall–Kier alpha value is -7.41. The third-order valence-electron chi connectivity index (χ3n) is 11.0. The van der Waals surface area contributed by atoms with Gasteiger partial charge < -0.3 is 8.83 Å². The number of para-hydroxylation sites is 2. The molecule has 5 nitrogen and oxygen atoms in total. The number of benzene rings is 8. The fraction of sp³-hybridized carbons (Fsp3) is 0. The summed E-state index contributed by atoms with van der Waals surface area (Å²) in [4.78, 5) is 15.1. The van der Waals surface area contributed by atoms with E-state index in [1.165, 1.54) is 25.7 Å². The Bertz CT molecular complexity index is 3540. The Kier molecular flexibility index (Phi) is 7.03. The fourth-order valence-corrected chi connectivity index (χ4v) is 9.37. The molecule has 0 N–H and O–H groups in total. The van der Waals surface area contributed by atoms with Gasteiger partial charge in [0.05, 0.1) is 0 Å². The Morgan fingerprint density at radius 2 is 0.860 bits per heavy atom. The Labute approximate surface area is 330 Å². The van der Waals surface area contributed by atoms with Crippen LogP contribution in [0.3, 0.4) is 0 Å². The maximum absolute atomic E-state index is 6.83. The normalized spacial score (nSPS) is 11.9. The van der Waals surface area contributed by atoms with Gasteiger partial charge in [-0.05, 0) is 59.2 Å². The molecule has 0 unspecified atom stereocenters. The van der Waals surface area contributed by atoms with Crippen LogP contribution in [0.25, 0.3) is 120 Å². The molecule has 57 heavy (non-hydrogen) atoms. The minimum Gasteiger partial charge on any atom is -0.456 e. The maximum atomic E-state index is 6.83. The topological polar surface area (TPSA) is 65.0 Å². The molecule has 0 amide bonds. The van der Waals surface area contributed by atoms with E-state index in [-0.39, 0.29) is 0 Å². The molecule has 6 heteroatoms. The molecule has 8 aromatic carbocycles. The summed E-state index contributed by atoms with van der Waals surface area (Å²) in [6.45, 7) is 0. The van der Waals surface area contributed by atoms with Gasteiger partial charge in [-0.15, -0.1) is 11.3 Å². The van der Waals surface area contributed by atoms with Crippen molar-refractivity contribution in [3.8, 4) is 56.4 Å². The molecule has 0 aliphatic carbocycles. The predicted molar refractivity (Wildman–Crippen MR) is 234 cm³/mol. The monoisotopic (exact) mass is 747 g/mol. The summed E-state index contributed by atoms with van der Waals surface area (Å²) in [5, 5.41) is 6.83. The van der Waals surface area contributed by atoms with Gasteiger partial charge >= 0.3 is 0 Å². The van der Waals surface area contributed by atoms with E-state index in [1.807, 2.05) is 65.9 Å². The average molecular weight is 748 g/mol. The van der Waals surface area contributed by atoms with E-state index in [2.05, 4.69) is 121 Å². The van der Waals surface area contributed by atoms with Crippen LogP contribution in [0.15, 0.2) is 185 Å². The van der Waals surface area contributed by atoms with Crippen molar-refractivity contribution in [1.82, 2.24) is 15.0 Å². The van der Waals surface area contributed by atoms with Crippen molar-refractivity contribution in [3.05, 3.63) is 176 Å². The molecule has 12 aromatic rings. The zero-order valence-corrected chi connectivity index (χ0v) is 31.1. The van der Waals surface area contributed by atoms with E-state index in [0.29, 0.717) is 17.5 Å². The maximum Gasteiger partial charge on any atom is 0.164 e. The van der Waals surface area contributed by atoms with Crippen molar-refractivity contribution >= 4 is 75.4 Å². The lowest BCUT2D eigenvalue weighted by Crippen LogP contribution is -2.00. The molecule has 0 aliphatic rings. The van der Waals surface area contributed by atoms with Crippen LogP contribution in [0.2, 0.25) is 0 Å². The van der Waals surface area contributed by atoms with Gasteiger partial charge in [0.2, 0.25) is 0 Å². The van der Waals surface area contributed by atoms with Crippen LogP contribution >= 0.6 is 11.3 Å². The van der Waals surface area contributed by atoms with Gasteiger partial charge in [-0.3, -0.25) is 0 Å². The number of aromatic nitrogens is 3. The smallest absolute Gasteiger partial charge is 0.164 e. The summed E-state index contributed by atoms with van der Waals surface area (Å²) < 4.78 is 15.7. The molecule has 0 saturated carbocycles. The van der Waals surface area contributed by atoms with Crippen LogP contribution in [-0.4, -0.2) is 15.0 Å². The second-order valence-electron chi connectivity index (χ2n) is 14.3. The lowest BCUT2D eigenvalue weighted by Gasteiger charge is -2.11. The third-order valence-corrected chi connectivity index (χ3v) is 12.1. The van der Waals surface area contributed by atoms with Crippen molar-refractivity contribution < 1.29 is 8.83 Å². The minimum atomic E-state index is 0.563. The Balaban J connectivity index is 0.985. The molecular formula is C51H29N3O2S. The van der Waals surface area contributed by atoms with E-state index >= 15 is 0 Å². The molecule has 0 atom stereocenters. The SMILES string of the molecule is c1ccc(-c2nc(-c3ccc4c(c3)oc3ccccc34)nc(-c3ccc4c(c3)oc3c(-c5ccccc5-c5ccc6c(c5)sc5ccccc56)cccc34)n2)cc1. The second-order valence-corrected chi connectivity index (χ2v) is 15.4. The summed E-state index contributed by atoms with van der Waals surface area (Å²) in [5.41, 5.74) is 10.4. The molecular weight excluding hydrogens is 719 g/mol. The molecule has 0 radical (unpaired) electrons. The molecule has 266 valence electrons. The summed E-state index contributed by atoms with van der Waals surface area (Å²) >= 11 is 1.84. The van der Waals surface area contributed by atoms with Crippen molar-refractivity contribution in [1.29, 1.82) is 0 Å². The Morgan fingerprint density at radius 3 is 1.67 bits per heavy atom. The largest absolute Gasteiger partial charge is 0.456 e. The molecule has 0 bridgehead atoms. The number of rotatable bonds is 5. The second kappa shape index (κ2) is 12.6. The van der Waals surface area contributed by atoms with Crippen molar-refractivity contribution in [2.45, 2.75) is 0 Å². The first-order chi connectivity index (χ1) is 28.2. The lowest BCUT2D eigenvalue weighted by molar-refractivity contribution is 0.669. The molecule has 0 saturated heterocycles. The summed E-state index contributed by atoms with van der Waals surface area (Å²) in [6.07, 6.45) is 0. The molecule has 0 spiro atoms. The third kappa shape index (κ3) is 5.19. The van der Waals surface area contributed by atoms with Crippen LogP contribution in [0, 0.1) is 0 Å². The number of hydrogen-bond donors (Lipinski definition) is 0. The van der Waals surface area contributed by atoms with E-state index in [4.69, 9.17) is 23.8 Å². The minimum absolute atomic E-state index is 0.563. The van der Waals surface area contributed by atoms with Gasteiger partial charge in [0.15, 0.2) is 17.5 Å². The lowest BCUT2D eigenvalue weighted by atomic mass is 9.93. The number of thiophene rings is 1.